The van der Waals surface area contributed by atoms with Crippen LogP contribution in [0.15, 0.2) is 21.3 Å². The molecule has 1 aliphatic rings. The van der Waals surface area contributed by atoms with Crippen molar-refractivity contribution in [1.82, 2.24) is 5.48 Å². The number of hydrogen-bond donors (Lipinski definition) is 2. The lowest BCUT2D eigenvalue weighted by Crippen LogP contribution is -2.25. The zero-order chi connectivity index (χ0) is 15.7. The van der Waals surface area contributed by atoms with Crippen molar-refractivity contribution >= 4 is 16.9 Å². The lowest BCUT2D eigenvalue weighted by Gasteiger charge is -2.17. The first kappa shape index (κ1) is 14.6. The molecule has 0 saturated carbocycles. The molecule has 3 rings (SSSR count). The van der Waals surface area contributed by atoms with Gasteiger partial charge >= 0.3 is 5.63 Å². The fourth-order valence-corrected chi connectivity index (χ4v) is 2.96. The molecule has 0 bridgehead atoms. The Kier molecular flexibility index (Phi) is 3.85. The lowest BCUT2D eigenvalue weighted by atomic mass is 9.90. The van der Waals surface area contributed by atoms with E-state index in [2.05, 4.69) is 0 Å². The van der Waals surface area contributed by atoms with Crippen LogP contribution in [0.4, 0.5) is 0 Å². The van der Waals surface area contributed by atoms with Gasteiger partial charge in [-0.3, -0.25) is 10.0 Å². The summed E-state index contributed by atoms with van der Waals surface area (Å²) in [4.78, 5) is 23.2. The second-order valence-electron chi connectivity index (χ2n) is 5.44. The Balaban J connectivity index is 2.08. The molecular weight excluding hydrogens is 286 g/mol. The number of carbonyl (C=O) groups excluding carboxylic acids is 1. The molecule has 6 nitrogen and oxygen atoms in total. The summed E-state index contributed by atoms with van der Waals surface area (Å²) in [6.07, 6.45) is 3.73. The summed E-state index contributed by atoms with van der Waals surface area (Å²) in [5, 5.41) is 9.42. The van der Waals surface area contributed by atoms with Crippen molar-refractivity contribution in [1.29, 1.82) is 0 Å². The largest absolute Gasteiger partial charge is 0.483 e. The standard InChI is InChI=1S/C16H17NO5/c1-9-13(21-8-14(18)17-20)7-6-11-10-4-2-3-5-12(10)16(19)22-15(9)11/h6-7,20H,2-5,8H2,1H3,(H,17,18). The Morgan fingerprint density at radius 1 is 1.32 bits per heavy atom. The molecule has 0 saturated heterocycles. The molecule has 1 aromatic heterocycles. The van der Waals surface area contributed by atoms with E-state index in [1.54, 1.807) is 13.0 Å². The maximum atomic E-state index is 12.1. The van der Waals surface area contributed by atoms with Gasteiger partial charge in [0.1, 0.15) is 11.3 Å². The molecule has 0 radical (unpaired) electrons. The maximum Gasteiger partial charge on any atom is 0.339 e. The number of amides is 1. The van der Waals surface area contributed by atoms with Crippen LogP contribution in [0.3, 0.4) is 0 Å². The Labute approximate surface area is 126 Å². The Morgan fingerprint density at radius 3 is 2.77 bits per heavy atom. The first-order chi connectivity index (χ1) is 10.6. The zero-order valence-electron chi connectivity index (χ0n) is 12.3. The number of benzene rings is 1. The third-order valence-corrected chi connectivity index (χ3v) is 4.07. The van der Waals surface area contributed by atoms with Crippen molar-refractivity contribution < 1.29 is 19.2 Å². The smallest absolute Gasteiger partial charge is 0.339 e. The topological polar surface area (TPSA) is 88.8 Å². The van der Waals surface area contributed by atoms with Crippen molar-refractivity contribution in [3.63, 3.8) is 0 Å². The van der Waals surface area contributed by atoms with Gasteiger partial charge < -0.3 is 9.15 Å². The van der Waals surface area contributed by atoms with E-state index in [1.165, 1.54) is 5.48 Å². The quantitative estimate of drug-likeness (QED) is 0.513. The summed E-state index contributed by atoms with van der Waals surface area (Å²) in [5.74, 6) is -0.193. The molecule has 2 aromatic rings. The molecule has 0 atom stereocenters. The molecule has 0 aliphatic heterocycles. The van der Waals surface area contributed by atoms with Crippen molar-refractivity contribution in [2.45, 2.75) is 32.6 Å². The minimum atomic E-state index is -0.647. The van der Waals surface area contributed by atoms with E-state index < -0.39 is 5.91 Å². The predicted octanol–water partition coefficient (Wildman–Crippen LogP) is 1.86. The number of carbonyl (C=O) groups is 1. The number of nitrogens with one attached hydrogen (secondary N) is 1. The van der Waals surface area contributed by atoms with Crippen LogP contribution in [0, 0.1) is 6.92 Å². The van der Waals surface area contributed by atoms with Crippen LogP contribution in [0.2, 0.25) is 0 Å². The van der Waals surface area contributed by atoms with E-state index >= 15 is 0 Å². The highest BCUT2D eigenvalue weighted by molar-refractivity contribution is 5.86. The molecule has 0 spiro atoms. The summed E-state index contributed by atoms with van der Waals surface area (Å²) in [5.41, 5.74) is 4.26. The third kappa shape index (κ3) is 2.46. The SMILES string of the molecule is Cc1c(OCC(=O)NO)ccc2c3c(c(=O)oc12)CCCC3. The molecule has 0 unspecified atom stereocenters. The fraction of sp³-hybridized carbons (Fsp3) is 0.375. The number of rotatable bonds is 3. The van der Waals surface area contributed by atoms with E-state index in [0.717, 1.165) is 42.2 Å². The van der Waals surface area contributed by atoms with Crippen molar-refractivity contribution in [3.05, 3.63) is 39.2 Å². The van der Waals surface area contributed by atoms with Gasteiger partial charge in [0.15, 0.2) is 6.61 Å². The Bertz CT molecular complexity index is 793. The van der Waals surface area contributed by atoms with Crippen LogP contribution in [-0.2, 0) is 17.6 Å². The number of hydrogen-bond acceptors (Lipinski definition) is 5. The van der Waals surface area contributed by atoms with Crippen molar-refractivity contribution in [3.8, 4) is 5.75 Å². The third-order valence-electron chi connectivity index (χ3n) is 4.07. The van der Waals surface area contributed by atoms with E-state index in [9.17, 15) is 9.59 Å². The highest BCUT2D eigenvalue weighted by Gasteiger charge is 2.20. The molecule has 1 aromatic carbocycles. The van der Waals surface area contributed by atoms with Gasteiger partial charge in [-0.2, -0.15) is 0 Å². The van der Waals surface area contributed by atoms with Gasteiger partial charge in [0.05, 0.1) is 0 Å². The Morgan fingerprint density at radius 2 is 2.05 bits per heavy atom. The maximum absolute atomic E-state index is 12.1. The number of fused-ring (bicyclic) bond motifs is 3. The monoisotopic (exact) mass is 303 g/mol. The normalized spacial score (nSPS) is 13.7. The van der Waals surface area contributed by atoms with Crippen LogP contribution >= 0.6 is 0 Å². The minimum absolute atomic E-state index is 0.282. The summed E-state index contributed by atoms with van der Waals surface area (Å²) in [6, 6.07) is 3.62. The fourth-order valence-electron chi connectivity index (χ4n) is 2.96. The van der Waals surface area contributed by atoms with Crippen molar-refractivity contribution in [2.24, 2.45) is 0 Å². The minimum Gasteiger partial charge on any atom is -0.483 e. The zero-order valence-corrected chi connectivity index (χ0v) is 12.3. The van der Waals surface area contributed by atoms with E-state index in [1.807, 2.05) is 6.07 Å². The molecule has 2 N–H and O–H groups in total. The molecule has 1 heterocycles. The highest BCUT2D eigenvalue weighted by Crippen LogP contribution is 2.32. The number of hydroxylamine groups is 1. The first-order valence-electron chi connectivity index (χ1n) is 7.25. The van der Waals surface area contributed by atoms with Gasteiger partial charge in [-0.05, 0) is 50.3 Å². The predicted molar refractivity (Wildman–Crippen MR) is 79.3 cm³/mol. The summed E-state index contributed by atoms with van der Waals surface area (Å²) < 4.78 is 10.8. The summed E-state index contributed by atoms with van der Waals surface area (Å²) in [7, 11) is 0. The van der Waals surface area contributed by atoms with Crippen LogP contribution in [0.1, 0.15) is 29.5 Å². The molecular formula is C16H17NO5. The first-order valence-corrected chi connectivity index (χ1v) is 7.25. The Hall–Kier alpha value is -2.34. The van der Waals surface area contributed by atoms with E-state index in [-0.39, 0.29) is 12.2 Å². The van der Waals surface area contributed by atoms with Gasteiger partial charge in [-0.1, -0.05) is 0 Å². The van der Waals surface area contributed by atoms with Gasteiger partial charge in [0.2, 0.25) is 0 Å². The van der Waals surface area contributed by atoms with Crippen molar-refractivity contribution in [2.75, 3.05) is 6.61 Å². The second kappa shape index (κ2) is 5.81. The molecule has 0 fully saturated rings. The summed E-state index contributed by atoms with van der Waals surface area (Å²) >= 11 is 0. The number of aryl methyl sites for hydroxylation is 2. The van der Waals surface area contributed by atoms with Gasteiger partial charge in [0.25, 0.3) is 5.91 Å². The summed E-state index contributed by atoms with van der Waals surface area (Å²) in [6.45, 7) is 1.48. The average molecular weight is 303 g/mol. The van der Waals surface area contributed by atoms with Crippen LogP contribution in [0.25, 0.3) is 11.0 Å². The second-order valence-corrected chi connectivity index (χ2v) is 5.44. The molecule has 1 aliphatic carbocycles. The van der Waals surface area contributed by atoms with Gasteiger partial charge in [0, 0.05) is 16.5 Å². The van der Waals surface area contributed by atoms with E-state index in [0.29, 0.717) is 16.9 Å². The molecule has 116 valence electrons. The van der Waals surface area contributed by atoms with Crippen LogP contribution in [-0.4, -0.2) is 17.7 Å². The molecule has 1 amide bonds. The molecule has 6 heteroatoms. The highest BCUT2D eigenvalue weighted by atomic mass is 16.5. The lowest BCUT2D eigenvalue weighted by molar-refractivity contribution is -0.131. The number of ether oxygens (including phenoxy) is 1. The van der Waals surface area contributed by atoms with E-state index in [4.69, 9.17) is 14.4 Å². The van der Waals surface area contributed by atoms with Gasteiger partial charge in [-0.25, -0.2) is 10.3 Å². The van der Waals surface area contributed by atoms with Crippen LogP contribution < -0.4 is 15.8 Å². The molecule has 22 heavy (non-hydrogen) atoms. The van der Waals surface area contributed by atoms with Crippen LogP contribution in [0.5, 0.6) is 5.75 Å². The average Bonchev–Trinajstić information content (AvgIpc) is 2.55. The van der Waals surface area contributed by atoms with Gasteiger partial charge in [-0.15, -0.1) is 0 Å².